The Bertz CT molecular complexity index is 308. The van der Waals surface area contributed by atoms with Crippen molar-refractivity contribution in [3.05, 3.63) is 29.6 Å². The van der Waals surface area contributed by atoms with Gasteiger partial charge in [-0.2, -0.15) is 0 Å². The molecular weight excluding hydrogens is 169 g/mol. The summed E-state index contributed by atoms with van der Waals surface area (Å²) in [6, 6.07) is 4.63. The van der Waals surface area contributed by atoms with Gasteiger partial charge in [0.25, 0.3) is 0 Å². The smallest absolute Gasteiger partial charge is 0.165 e. The third-order valence-corrected chi connectivity index (χ3v) is 2.50. The molecule has 0 saturated carbocycles. The van der Waals surface area contributed by atoms with Crippen molar-refractivity contribution in [3.63, 3.8) is 0 Å². The van der Waals surface area contributed by atoms with E-state index < -0.39 is 5.82 Å². The minimum absolute atomic E-state index is 0.269. The highest BCUT2D eigenvalue weighted by atomic mass is 19.1. The molecular formula is C10H12FNO. The Morgan fingerprint density at radius 2 is 2.31 bits per heavy atom. The largest absolute Gasteiger partial charge is 0.505 e. The molecule has 0 radical (unpaired) electrons. The molecule has 0 spiro atoms. The first kappa shape index (κ1) is 8.51. The molecule has 2 nitrogen and oxygen atoms in total. The van der Waals surface area contributed by atoms with E-state index in [-0.39, 0.29) is 5.75 Å². The first-order chi connectivity index (χ1) is 6.27. The molecule has 1 unspecified atom stereocenters. The standard InChI is InChI=1S/C10H12FNO/c11-9-5-7(1-2-10(9)13)8-3-4-12-6-8/h1-2,5,8,12-13H,3-4,6H2. The van der Waals surface area contributed by atoms with Crippen molar-refractivity contribution in [1.29, 1.82) is 0 Å². The van der Waals surface area contributed by atoms with Gasteiger partial charge in [-0.15, -0.1) is 0 Å². The predicted octanol–water partition coefficient (Wildman–Crippen LogP) is 1.61. The molecule has 2 N–H and O–H groups in total. The van der Waals surface area contributed by atoms with Gasteiger partial charge >= 0.3 is 0 Å². The fraction of sp³-hybridized carbons (Fsp3) is 0.400. The molecule has 1 aromatic carbocycles. The highest BCUT2D eigenvalue weighted by Crippen LogP contribution is 2.25. The third-order valence-electron chi connectivity index (χ3n) is 2.50. The van der Waals surface area contributed by atoms with Gasteiger partial charge in [-0.3, -0.25) is 0 Å². The molecule has 1 aliphatic heterocycles. The van der Waals surface area contributed by atoms with E-state index in [1.807, 2.05) is 0 Å². The second-order valence-corrected chi connectivity index (χ2v) is 3.40. The number of nitrogens with one attached hydrogen (secondary N) is 1. The summed E-state index contributed by atoms with van der Waals surface area (Å²) in [7, 11) is 0. The molecule has 0 amide bonds. The topological polar surface area (TPSA) is 32.3 Å². The van der Waals surface area contributed by atoms with E-state index in [1.165, 1.54) is 12.1 Å². The van der Waals surface area contributed by atoms with Gasteiger partial charge in [0.1, 0.15) is 0 Å². The summed E-state index contributed by atoms with van der Waals surface area (Å²) in [5.74, 6) is -0.394. The number of aromatic hydroxyl groups is 1. The van der Waals surface area contributed by atoms with Crippen molar-refractivity contribution >= 4 is 0 Å². The zero-order valence-electron chi connectivity index (χ0n) is 7.26. The van der Waals surface area contributed by atoms with Crippen molar-refractivity contribution in [2.75, 3.05) is 13.1 Å². The molecule has 2 rings (SSSR count). The molecule has 13 heavy (non-hydrogen) atoms. The van der Waals surface area contributed by atoms with Crippen molar-refractivity contribution in [3.8, 4) is 5.75 Å². The zero-order valence-corrected chi connectivity index (χ0v) is 7.26. The highest BCUT2D eigenvalue weighted by molar-refractivity contribution is 5.30. The Balaban J connectivity index is 2.25. The quantitative estimate of drug-likeness (QED) is 0.689. The van der Waals surface area contributed by atoms with E-state index in [0.717, 1.165) is 25.1 Å². The molecule has 70 valence electrons. The Hall–Kier alpha value is -1.09. The molecule has 0 bridgehead atoms. The number of phenolic OH excluding ortho intramolecular Hbond substituents is 1. The first-order valence-corrected chi connectivity index (χ1v) is 4.46. The summed E-state index contributed by atoms with van der Waals surface area (Å²) < 4.78 is 13.0. The Morgan fingerprint density at radius 3 is 2.92 bits per heavy atom. The lowest BCUT2D eigenvalue weighted by Gasteiger charge is -2.08. The SMILES string of the molecule is Oc1ccc(C2CCNC2)cc1F. The van der Waals surface area contributed by atoms with Crippen molar-refractivity contribution in [2.24, 2.45) is 0 Å². The average molecular weight is 181 g/mol. The first-order valence-electron chi connectivity index (χ1n) is 4.46. The van der Waals surface area contributed by atoms with Crippen molar-refractivity contribution in [2.45, 2.75) is 12.3 Å². The van der Waals surface area contributed by atoms with E-state index in [9.17, 15) is 4.39 Å². The monoisotopic (exact) mass is 181 g/mol. The molecule has 1 atom stereocenters. The summed E-state index contributed by atoms with van der Waals surface area (Å²) >= 11 is 0. The third kappa shape index (κ3) is 1.65. The van der Waals surface area contributed by atoms with Crippen LogP contribution >= 0.6 is 0 Å². The number of benzene rings is 1. The number of halogens is 1. The van der Waals surface area contributed by atoms with Crippen LogP contribution in [0, 0.1) is 5.82 Å². The Labute approximate surface area is 76.4 Å². The van der Waals surface area contributed by atoms with Crippen LogP contribution in [0.5, 0.6) is 5.75 Å². The van der Waals surface area contributed by atoms with Crippen LogP contribution in [0.3, 0.4) is 0 Å². The fourth-order valence-corrected chi connectivity index (χ4v) is 1.72. The number of phenols is 1. The maximum absolute atomic E-state index is 13.0. The lowest BCUT2D eigenvalue weighted by Crippen LogP contribution is -2.07. The summed E-state index contributed by atoms with van der Waals surface area (Å²) in [6.07, 6.45) is 1.05. The molecule has 1 aromatic rings. The predicted molar refractivity (Wildman–Crippen MR) is 48.3 cm³/mol. The summed E-state index contributed by atoms with van der Waals surface area (Å²) in [6.45, 7) is 1.90. The minimum atomic E-state index is -0.524. The molecule has 3 heteroatoms. The van der Waals surface area contributed by atoms with E-state index in [4.69, 9.17) is 5.11 Å². The van der Waals surface area contributed by atoms with Crippen LogP contribution in [-0.4, -0.2) is 18.2 Å². The van der Waals surface area contributed by atoms with Gasteiger partial charge < -0.3 is 10.4 Å². The second-order valence-electron chi connectivity index (χ2n) is 3.40. The van der Waals surface area contributed by atoms with Crippen LogP contribution in [0.4, 0.5) is 4.39 Å². The lowest BCUT2D eigenvalue weighted by molar-refractivity contribution is 0.431. The van der Waals surface area contributed by atoms with Gasteiger partial charge in [-0.05, 0) is 36.6 Å². The molecule has 1 fully saturated rings. The van der Waals surface area contributed by atoms with Crippen LogP contribution in [0.15, 0.2) is 18.2 Å². The van der Waals surface area contributed by atoms with Gasteiger partial charge in [-0.1, -0.05) is 6.07 Å². The van der Waals surface area contributed by atoms with Gasteiger partial charge in [0.2, 0.25) is 0 Å². The molecule has 1 aliphatic rings. The molecule has 1 heterocycles. The zero-order chi connectivity index (χ0) is 9.26. The molecule has 0 aromatic heterocycles. The summed E-state index contributed by atoms with van der Waals surface area (Å²) in [5, 5.41) is 12.2. The van der Waals surface area contributed by atoms with Crippen LogP contribution < -0.4 is 5.32 Å². The minimum Gasteiger partial charge on any atom is -0.505 e. The summed E-state index contributed by atoms with van der Waals surface area (Å²) in [4.78, 5) is 0. The lowest BCUT2D eigenvalue weighted by atomic mass is 9.98. The fourth-order valence-electron chi connectivity index (χ4n) is 1.72. The average Bonchev–Trinajstić information content (AvgIpc) is 2.62. The number of rotatable bonds is 1. The van der Waals surface area contributed by atoms with Crippen LogP contribution in [-0.2, 0) is 0 Å². The molecule has 1 saturated heterocycles. The van der Waals surface area contributed by atoms with Crippen molar-refractivity contribution < 1.29 is 9.50 Å². The Kier molecular flexibility index (Phi) is 2.19. The van der Waals surface area contributed by atoms with Crippen LogP contribution in [0.2, 0.25) is 0 Å². The van der Waals surface area contributed by atoms with Crippen molar-refractivity contribution in [1.82, 2.24) is 5.32 Å². The van der Waals surface area contributed by atoms with Gasteiger partial charge in [0.15, 0.2) is 11.6 Å². The van der Waals surface area contributed by atoms with E-state index in [0.29, 0.717) is 5.92 Å². The van der Waals surface area contributed by atoms with E-state index in [1.54, 1.807) is 6.07 Å². The highest BCUT2D eigenvalue weighted by Gasteiger charge is 2.17. The maximum Gasteiger partial charge on any atom is 0.165 e. The Morgan fingerprint density at radius 1 is 1.46 bits per heavy atom. The second kappa shape index (κ2) is 3.34. The molecule has 0 aliphatic carbocycles. The van der Waals surface area contributed by atoms with E-state index in [2.05, 4.69) is 5.32 Å². The summed E-state index contributed by atoms with van der Waals surface area (Å²) in [5.41, 5.74) is 0.973. The van der Waals surface area contributed by atoms with E-state index >= 15 is 0 Å². The van der Waals surface area contributed by atoms with Gasteiger partial charge in [-0.25, -0.2) is 4.39 Å². The van der Waals surface area contributed by atoms with Crippen LogP contribution in [0.1, 0.15) is 17.9 Å². The maximum atomic E-state index is 13.0. The van der Waals surface area contributed by atoms with Gasteiger partial charge in [0.05, 0.1) is 0 Å². The normalized spacial score (nSPS) is 22.1. The number of hydrogen-bond acceptors (Lipinski definition) is 2. The van der Waals surface area contributed by atoms with Gasteiger partial charge in [0, 0.05) is 6.54 Å². The number of hydrogen-bond donors (Lipinski definition) is 2. The van der Waals surface area contributed by atoms with Crippen LogP contribution in [0.25, 0.3) is 0 Å².